The molecule has 29 heavy (non-hydrogen) atoms. The van der Waals surface area contributed by atoms with Crippen molar-refractivity contribution >= 4 is 5.97 Å². The van der Waals surface area contributed by atoms with Gasteiger partial charge in [-0.2, -0.15) is 0 Å². The van der Waals surface area contributed by atoms with Gasteiger partial charge in [-0.15, -0.1) is 0 Å². The molecule has 1 fully saturated rings. The molecule has 0 saturated heterocycles. The molecule has 168 valence electrons. The number of aliphatic hydroxyl groups is 3. The van der Waals surface area contributed by atoms with Crippen LogP contribution in [0.4, 0.5) is 0 Å². The first-order chi connectivity index (χ1) is 14.0. The lowest BCUT2D eigenvalue weighted by Gasteiger charge is -2.24. The van der Waals surface area contributed by atoms with Crippen molar-refractivity contribution in [2.24, 2.45) is 11.8 Å². The van der Waals surface area contributed by atoms with Crippen molar-refractivity contribution < 1.29 is 29.6 Å². The summed E-state index contributed by atoms with van der Waals surface area (Å²) in [5.74, 6) is -0.283. The standard InChI is InChI=1S/C23H40O6/c1-3-4-8-11-18(24)13-14-20-19(21(25)16-22(20)26)12-9-6-5-7-10-15-29-23(27)17-28-2/h5,7,10,15,18-22,24-26H,3-4,6,8-9,11-14,16-17H2,1-2H3/b7-5+,15-10+/t18-,19+,20+,21-,22+/m0/s1. The molecule has 0 amide bonds. The summed E-state index contributed by atoms with van der Waals surface area (Å²) in [7, 11) is 1.44. The van der Waals surface area contributed by atoms with E-state index in [0.717, 1.165) is 51.4 Å². The fraction of sp³-hybridized carbons (Fsp3) is 0.783. The molecular formula is C23H40O6. The zero-order chi connectivity index (χ0) is 21.5. The minimum Gasteiger partial charge on any atom is -0.433 e. The maximum absolute atomic E-state index is 11.1. The van der Waals surface area contributed by atoms with Crippen LogP contribution in [0.5, 0.6) is 0 Å². The van der Waals surface area contributed by atoms with E-state index in [4.69, 9.17) is 4.74 Å². The molecular weight excluding hydrogens is 372 g/mol. The number of unbranched alkanes of at least 4 members (excludes halogenated alkanes) is 3. The number of carbonyl (C=O) groups excluding carboxylic acids is 1. The quantitative estimate of drug-likeness (QED) is 0.165. The van der Waals surface area contributed by atoms with Crippen molar-refractivity contribution in [2.75, 3.05) is 13.7 Å². The highest BCUT2D eigenvalue weighted by atomic mass is 16.6. The lowest BCUT2D eigenvalue weighted by Crippen LogP contribution is -2.23. The van der Waals surface area contributed by atoms with Crippen LogP contribution in [0.3, 0.4) is 0 Å². The van der Waals surface area contributed by atoms with E-state index in [9.17, 15) is 20.1 Å². The molecule has 0 spiro atoms. The molecule has 1 saturated carbocycles. The van der Waals surface area contributed by atoms with Crippen LogP contribution in [0.25, 0.3) is 0 Å². The van der Waals surface area contributed by atoms with Gasteiger partial charge >= 0.3 is 5.97 Å². The Morgan fingerprint density at radius 3 is 2.48 bits per heavy atom. The molecule has 6 nitrogen and oxygen atoms in total. The smallest absolute Gasteiger partial charge is 0.336 e. The zero-order valence-electron chi connectivity index (χ0n) is 18.0. The third kappa shape index (κ3) is 10.9. The summed E-state index contributed by atoms with van der Waals surface area (Å²) in [6, 6.07) is 0. The molecule has 0 aromatic rings. The van der Waals surface area contributed by atoms with Crippen molar-refractivity contribution in [1.82, 2.24) is 0 Å². The SMILES string of the molecule is CCCCC[C@H](O)CC[C@@H]1[C@@H](CCC/C=C/C=C/OC(=O)COC)[C@@H](O)C[C@H]1O. The molecule has 1 aliphatic rings. The Balaban J connectivity index is 2.30. The van der Waals surface area contributed by atoms with Gasteiger partial charge in [0.1, 0.15) is 6.61 Å². The van der Waals surface area contributed by atoms with E-state index < -0.39 is 18.2 Å². The van der Waals surface area contributed by atoms with E-state index in [1.54, 1.807) is 6.08 Å². The fourth-order valence-corrected chi connectivity index (χ4v) is 4.10. The van der Waals surface area contributed by atoms with Gasteiger partial charge in [0.05, 0.1) is 24.6 Å². The highest BCUT2D eigenvalue weighted by Gasteiger charge is 2.40. The van der Waals surface area contributed by atoms with Crippen LogP contribution in [0.15, 0.2) is 24.5 Å². The fourth-order valence-electron chi connectivity index (χ4n) is 4.10. The topological polar surface area (TPSA) is 96.2 Å². The molecule has 5 atom stereocenters. The minimum atomic E-state index is -0.474. The second-order valence-corrected chi connectivity index (χ2v) is 8.04. The van der Waals surface area contributed by atoms with Crippen molar-refractivity contribution in [2.45, 2.75) is 89.4 Å². The summed E-state index contributed by atoms with van der Waals surface area (Å²) in [6.07, 6.45) is 14.2. The first kappa shape index (κ1) is 25.8. The number of methoxy groups -OCH3 is 1. The summed E-state index contributed by atoms with van der Waals surface area (Å²) in [5.41, 5.74) is 0. The molecule has 0 heterocycles. The zero-order valence-corrected chi connectivity index (χ0v) is 18.0. The molecule has 0 radical (unpaired) electrons. The van der Waals surface area contributed by atoms with E-state index in [1.807, 2.05) is 12.2 Å². The van der Waals surface area contributed by atoms with Gasteiger partial charge < -0.3 is 24.8 Å². The maximum Gasteiger partial charge on any atom is 0.336 e. The molecule has 6 heteroatoms. The van der Waals surface area contributed by atoms with Crippen LogP contribution in [-0.4, -0.2) is 53.3 Å². The number of hydrogen-bond acceptors (Lipinski definition) is 6. The number of ether oxygens (including phenoxy) is 2. The largest absolute Gasteiger partial charge is 0.433 e. The van der Waals surface area contributed by atoms with Gasteiger partial charge in [-0.05, 0) is 62.9 Å². The predicted molar refractivity (Wildman–Crippen MR) is 113 cm³/mol. The molecule has 1 aliphatic carbocycles. The first-order valence-corrected chi connectivity index (χ1v) is 11.0. The van der Waals surface area contributed by atoms with Crippen molar-refractivity contribution in [3.05, 3.63) is 24.5 Å². The number of rotatable bonds is 15. The third-order valence-corrected chi connectivity index (χ3v) is 5.69. The highest BCUT2D eigenvalue weighted by Crippen LogP contribution is 2.39. The summed E-state index contributed by atoms with van der Waals surface area (Å²) in [4.78, 5) is 11.1. The molecule has 0 bridgehead atoms. The van der Waals surface area contributed by atoms with Gasteiger partial charge in [-0.1, -0.05) is 38.3 Å². The summed E-state index contributed by atoms with van der Waals surface area (Å²) in [6.45, 7) is 2.08. The molecule has 3 N–H and O–H groups in total. The Kier molecular flexibility index (Phi) is 13.9. The maximum atomic E-state index is 11.1. The Bertz CT molecular complexity index is 490. The molecule has 0 unspecified atom stereocenters. The average molecular weight is 413 g/mol. The van der Waals surface area contributed by atoms with Gasteiger partial charge in [0.15, 0.2) is 0 Å². The van der Waals surface area contributed by atoms with Crippen LogP contribution in [0.2, 0.25) is 0 Å². The van der Waals surface area contributed by atoms with E-state index in [1.165, 1.54) is 13.4 Å². The number of carbonyl (C=O) groups is 1. The third-order valence-electron chi connectivity index (χ3n) is 5.69. The van der Waals surface area contributed by atoms with Gasteiger partial charge in [0, 0.05) is 7.11 Å². The Morgan fingerprint density at radius 2 is 1.79 bits per heavy atom. The van der Waals surface area contributed by atoms with Crippen molar-refractivity contribution in [3.63, 3.8) is 0 Å². The van der Waals surface area contributed by atoms with E-state index in [-0.39, 0.29) is 24.5 Å². The van der Waals surface area contributed by atoms with Gasteiger partial charge in [0.25, 0.3) is 0 Å². The Hall–Kier alpha value is -1.21. The van der Waals surface area contributed by atoms with E-state index in [2.05, 4.69) is 11.7 Å². The van der Waals surface area contributed by atoms with Crippen LogP contribution < -0.4 is 0 Å². The minimum absolute atomic E-state index is 0.0647. The molecule has 0 aromatic heterocycles. The van der Waals surface area contributed by atoms with Gasteiger partial charge in [-0.3, -0.25) is 0 Å². The molecule has 0 aliphatic heterocycles. The Morgan fingerprint density at radius 1 is 1.07 bits per heavy atom. The highest BCUT2D eigenvalue weighted by molar-refractivity contribution is 5.71. The number of allylic oxidation sites excluding steroid dienone is 3. The number of esters is 1. The van der Waals surface area contributed by atoms with Crippen molar-refractivity contribution in [3.8, 4) is 0 Å². The van der Waals surface area contributed by atoms with Crippen LogP contribution in [-0.2, 0) is 14.3 Å². The van der Waals surface area contributed by atoms with Crippen molar-refractivity contribution in [1.29, 1.82) is 0 Å². The second-order valence-electron chi connectivity index (χ2n) is 8.04. The predicted octanol–water partition coefficient (Wildman–Crippen LogP) is 3.50. The van der Waals surface area contributed by atoms with Crippen LogP contribution in [0.1, 0.15) is 71.1 Å². The molecule has 0 aromatic carbocycles. The normalized spacial score (nSPS) is 25.8. The van der Waals surface area contributed by atoms with E-state index >= 15 is 0 Å². The van der Waals surface area contributed by atoms with Gasteiger partial charge in [0.2, 0.25) is 0 Å². The monoisotopic (exact) mass is 412 g/mol. The number of hydrogen-bond donors (Lipinski definition) is 3. The number of aliphatic hydroxyl groups excluding tert-OH is 3. The lowest BCUT2D eigenvalue weighted by atomic mass is 9.84. The van der Waals surface area contributed by atoms with Crippen LogP contribution >= 0.6 is 0 Å². The Labute approximate surface area is 175 Å². The average Bonchev–Trinajstić information content (AvgIpc) is 2.95. The summed E-state index contributed by atoms with van der Waals surface area (Å²) < 4.78 is 9.47. The summed E-state index contributed by atoms with van der Waals surface area (Å²) >= 11 is 0. The van der Waals surface area contributed by atoms with E-state index in [0.29, 0.717) is 12.8 Å². The first-order valence-electron chi connectivity index (χ1n) is 11.0. The molecule has 1 rings (SSSR count). The lowest BCUT2D eigenvalue weighted by molar-refractivity contribution is -0.142. The second kappa shape index (κ2) is 15.6. The van der Waals surface area contributed by atoms with Gasteiger partial charge in [-0.25, -0.2) is 4.79 Å². The summed E-state index contributed by atoms with van der Waals surface area (Å²) in [5, 5.41) is 30.8. The van der Waals surface area contributed by atoms with Crippen LogP contribution in [0, 0.1) is 11.8 Å².